The van der Waals surface area contributed by atoms with Crippen LogP contribution in [-0.4, -0.2) is 23.5 Å². The summed E-state index contributed by atoms with van der Waals surface area (Å²) in [5, 5.41) is 2.77. The zero-order valence-corrected chi connectivity index (χ0v) is 12.6. The van der Waals surface area contributed by atoms with Crippen LogP contribution in [-0.2, 0) is 9.53 Å². The molecule has 0 aliphatic carbocycles. The topological polar surface area (TPSA) is 68.3 Å². The van der Waals surface area contributed by atoms with Crippen LogP contribution >= 0.6 is 0 Å². The Balaban J connectivity index is 1.93. The van der Waals surface area contributed by atoms with E-state index in [4.69, 9.17) is 4.74 Å². The second kappa shape index (κ2) is 7.36. The van der Waals surface area contributed by atoms with Crippen LogP contribution in [0.1, 0.15) is 35.7 Å². The molecule has 2 rings (SSSR count). The molecule has 0 atom stereocenters. The van der Waals surface area contributed by atoms with Gasteiger partial charge < -0.3 is 10.1 Å². The standard InChI is InChI=1S/C17H18N2O3/c1-12(2)14-5-3-4-6-15(14)19-16(20)11-22-17(21)13-7-9-18-10-8-13/h3-10,12H,11H2,1-2H3,(H,19,20). The molecule has 0 aliphatic heterocycles. The summed E-state index contributed by atoms with van der Waals surface area (Å²) in [6.45, 7) is 3.77. The second-order valence-electron chi connectivity index (χ2n) is 5.10. The molecule has 0 aliphatic rings. The van der Waals surface area contributed by atoms with Crippen molar-refractivity contribution >= 4 is 17.6 Å². The van der Waals surface area contributed by atoms with Crippen molar-refractivity contribution < 1.29 is 14.3 Å². The molecule has 0 saturated heterocycles. The van der Waals surface area contributed by atoms with Crippen LogP contribution in [0.5, 0.6) is 0 Å². The molecule has 5 nitrogen and oxygen atoms in total. The minimum absolute atomic E-state index is 0.288. The SMILES string of the molecule is CC(C)c1ccccc1NC(=O)COC(=O)c1ccncc1. The van der Waals surface area contributed by atoms with Crippen LogP contribution in [0, 0.1) is 0 Å². The summed E-state index contributed by atoms with van der Waals surface area (Å²) in [5.74, 6) is -0.624. The van der Waals surface area contributed by atoms with E-state index in [1.807, 2.05) is 24.3 Å². The van der Waals surface area contributed by atoms with Gasteiger partial charge in [0.15, 0.2) is 6.61 Å². The number of hydrogen-bond acceptors (Lipinski definition) is 4. The van der Waals surface area contributed by atoms with Gasteiger partial charge >= 0.3 is 5.97 Å². The number of carbonyl (C=O) groups excluding carboxylic acids is 2. The Morgan fingerprint density at radius 2 is 1.82 bits per heavy atom. The molecule has 1 N–H and O–H groups in total. The molecule has 0 spiro atoms. The summed E-state index contributed by atoms with van der Waals surface area (Å²) in [5.41, 5.74) is 2.14. The lowest BCUT2D eigenvalue weighted by molar-refractivity contribution is -0.119. The number of ether oxygens (including phenoxy) is 1. The Bertz CT molecular complexity index is 654. The van der Waals surface area contributed by atoms with Gasteiger partial charge in [-0.3, -0.25) is 9.78 Å². The molecule has 1 heterocycles. The van der Waals surface area contributed by atoms with E-state index >= 15 is 0 Å². The van der Waals surface area contributed by atoms with Crippen molar-refractivity contribution in [1.82, 2.24) is 4.98 Å². The number of carbonyl (C=O) groups is 2. The van der Waals surface area contributed by atoms with Crippen molar-refractivity contribution in [2.75, 3.05) is 11.9 Å². The summed E-state index contributed by atoms with van der Waals surface area (Å²) in [7, 11) is 0. The van der Waals surface area contributed by atoms with Crippen molar-refractivity contribution in [1.29, 1.82) is 0 Å². The number of nitrogens with zero attached hydrogens (tertiary/aromatic N) is 1. The van der Waals surface area contributed by atoms with E-state index in [9.17, 15) is 9.59 Å². The highest BCUT2D eigenvalue weighted by molar-refractivity contribution is 5.95. The minimum atomic E-state index is -0.547. The third-order valence-electron chi connectivity index (χ3n) is 3.11. The molecule has 5 heteroatoms. The van der Waals surface area contributed by atoms with Crippen LogP contribution in [0.25, 0.3) is 0 Å². The van der Waals surface area contributed by atoms with Gasteiger partial charge in [-0.05, 0) is 29.7 Å². The maximum absolute atomic E-state index is 11.9. The first-order valence-corrected chi connectivity index (χ1v) is 7.04. The number of para-hydroxylation sites is 1. The maximum Gasteiger partial charge on any atom is 0.338 e. The number of esters is 1. The lowest BCUT2D eigenvalue weighted by Gasteiger charge is -2.13. The minimum Gasteiger partial charge on any atom is -0.452 e. The predicted molar refractivity (Wildman–Crippen MR) is 83.7 cm³/mol. The monoisotopic (exact) mass is 298 g/mol. The van der Waals surface area contributed by atoms with E-state index in [1.165, 1.54) is 24.5 Å². The highest BCUT2D eigenvalue weighted by Crippen LogP contribution is 2.23. The predicted octanol–water partition coefficient (Wildman–Crippen LogP) is 3.00. The molecular weight excluding hydrogens is 280 g/mol. The molecule has 1 aromatic carbocycles. The van der Waals surface area contributed by atoms with Gasteiger partial charge in [-0.2, -0.15) is 0 Å². The molecule has 1 amide bonds. The van der Waals surface area contributed by atoms with Gasteiger partial charge in [-0.15, -0.1) is 0 Å². The molecule has 0 bridgehead atoms. The average molecular weight is 298 g/mol. The van der Waals surface area contributed by atoms with Crippen molar-refractivity contribution in [3.63, 3.8) is 0 Å². The van der Waals surface area contributed by atoms with E-state index in [-0.39, 0.29) is 18.4 Å². The Hall–Kier alpha value is -2.69. The van der Waals surface area contributed by atoms with Crippen molar-refractivity contribution in [2.45, 2.75) is 19.8 Å². The average Bonchev–Trinajstić information content (AvgIpc) is 2.53. The second-order valence-corrected chi connectivity index (χ2v) is 5.10. The normalized spacial score (nSPS) is 10.3. The van der Waals surface area contributed by atoms with Crippen LogP contribution in [0.4, 0.5) is 5.69 Å². The molecule has 0 fully saturated rings. The van der Waals surface area contributed by atoms with Crippen LogP contribution in [0.15, 0.2) is 48.8 Å². The molecule has 0 saturated carbocycles. The third-order valence-corrected chi connectivity index (χ3v) is 3.11. The van der Waals surface area contributed by atoms with Crippen LogP contribution in [0.2, 0.25) is 0 Å². The van der Waals surface area contributed by atoms with E-state index in [2.05, 4.69) is 24.1 Å². The van der Waals surface area contributed by atoms with Crippen molar-refractivity contribution in [3.05, 3.63) is 59.9 Å². The van der Waals surface area contributed by atoms with Crippen molar-refractivity contribution in [3.8, 4) is 0 Å². The fourth-order valence-corrected chi connectivity index (χ4v) is 2.00. The summed E-state index contributed by atoms with van der Waals surface area (Å²) < 4.78 is 4.98. The molecule has 114 valence electrons. The van der Waals surface area contributed by atoms with Gasteiger partial charge in [0.2, 0.25) is 0 Å². The number of nitrogens with one attached hydrogen (secondary N) is 1. The molecule has 0 unspecified atom stereocenters. The molecular formula is C17H18N2O3. The van der Waals surface area contributed by atoms with Crippen LogP contribution < -0.4 is 5.32 Å². The fourth-order valence-electron chi connectivity index (χ4n) is 2.00. The zero-order valence-electron chi connectivity index (χ0n) is 12.6. The fraction of sp³-hybridized carbons (Fsp3) is 0.235. The first-order chi connectivity index (χ1) is 10.6. The number of anilines is 1. The highest BCUT2D eigenvalue weighted by Gasteiger charge is 2.12. The first kappa shape index (κ1) is 15.7. The zero-order chi connectivity index (χ0) is 15.9. The van der Waals surface area contributed by atoms with E-state index < -0.39 is 5.97 Å². The Morgan fingerprint density at radius 3 is 2.50 bits per heavy atom. The Kier molecular flexibility index (Phi) is 5.25. The van der Waals surface area contributed by atoms with Gasteiger partial charge in [0.05, 0.1) is 5.56 Å². The van der Waals surface area contributed by atoms with Crippen LogP contribution in [0.3, 0.4) is 0 Å². The lowest BCUT2D eigenvalue weighted by atomic mass is 10.0. The molecule has 2 aromatic rings. The number of rotatable bonds is 5. The van der Waals surface area contributed by atoms with Crippen molar-refractivity contribution in [2.24, 2.45) is 0 Å². The van der Waals surface area contributed by atoms with Gasteiger partial charge in [0.25, 0.3) is 5.91 Å². The smallest absolute Gasteiger partial charge is 0.338 e. The van der Waals surface area contributed by atoms with Gasteiger partial charge in [0.1, 0.15) is 0 Å². The molecule has 1 aromatic heterocycles. The largest absolute Gasteiger partial charge is 0.452 e. The lowest BCUT2D eigenvalue weighted by Crippen LogP contribution is -2.21. The number of aromatic nitrogens is 1. The maximum atomic E-state index is 11.9. The summed E-state index contributed by atoms with van der Waals surface area (Å²) in [4.78, 5) is 27.5. The number of amides is 1. The van der Waals surface area contributed by atoms with E-state index in [0.717, 1.165) is 11.3 Å². The summed E-state index contributed by atoms with van der Waals surface area (Å²) in [6, 6.07) is 10.6. The van der Waals surface area contributed by atoms with E-state index in [0.29, 0.717) is 5.56 Å². The highest BCUT2D eigenvalue weighted by atomic mass is 16.5. The summed E-state index contributed by atoms with van der Waals surface area (Å²) >= 11 is 0. The van der Waals surface area contributed by atoms with Gasteiger partial charge in [-0.25, -0.2) is 4.79 Å². The quantitative estimate of drug-likeness (QED) is 0.862. The Morgan fingerprint density at radius 1 is 1.14 bits per heavy atom. The first-order valence-electron chi connectivity index (χ1n) is 7.04. The molecule has 0 radical (unpaired) electrons. The van der Waals surface area contributed by atoms with E-state index in [1.54, 1.807) is 0 Å². The molecule has 22 heavy (non-hydrogen) atoms. The number of pyridine rings is 1. The van der Waals surface area contributed by atoms with Gasteiger partial charge in [-0.1, -0.05) is 32.0 Å². The third kappa shape index (κ3) is 4.15. The number of benzene rings is 1. The summed E-state index contributed by atoms with van der Waals surface area (Å²) in [6.07, 6.45) is 2.99. The van der Waals surface area contributed by atoms with Gasteiger partial charge in [0, 0.05) is 18.1 Å². The number of hydrogen-bond donors (Lipinski definition) is 1. The Labute approximate surface area is 129 Å².